The Hall–Kier alpha value is -0.770. The Bertz CT molecular complexity index is 89.0. The van der Waals surface area contributed by atoms with Gasteiger partial charge in [-0.15, -0.1) is 0 Å². The van der Waals surface area contributed by atoms with E-state index < -0.39 is 12.4 Å². The highest BCUT2D eigenvalue weighted by Crippen LogP contribution is 1.88. The van der Waals surface area contributed by atoms with Crippen LogP contribution >= 0.6 is 0 Å². The zero-order valence-electron chi connectivity index (χ0n) is 5.46. The lowest BCUT2D eigenvalue weighted by atomic mass is 10.8. The predicted octanol–water partition coefficient (Wildman–Crippen LogP) is 0.498. The fourth-order valence-corrected chi connectivity index (χ4v) is 0.291. The molecule has 0 aromatic rings. The molecule has 1 atom stereocenters. The number of carbonyl (C=O) groups excluding carboxylic acids is 1. The number of aliphatic hydroxyl groups is 1. The Morgan fingerprint density at radius 1 is 1.78 bits per heavy atom. The maximum Gasteiger partial charge on any atom is 0.510 e. The molecule has 0 saturated heterocycles. The largest absolute Gasteiger partial charge is 0.510 e. The first-order chi connectivity index (χ1) is 4.16. The maximum absolute atomic E-state index is 10.2. The monoisotopic (exact) mass is 134 g/mol. The van der Waals surface area contributed by atoms with E-state index in [0.717, 1.165) is 0 Å². The smallest absolute Gasteiger partial charge is 0.435 e. The molecule has 0 heterocycles. The van der Waals surface area contributed by atoms with Crippen LogP contribution in [-0.4, -0.2) is 24.2 Å². The molecular weight excluding hydrogens is 124 g/mol. The third kappa shape index (κ3) is 5.10. The van der Waals surface area contributed by atoms with Crippen molar-refractivity contribution in [3.05, 3.63) is 0 Å². The van der Waals surface area contributed by atoms with E-state index in [2.05, 4.69) is 9.47 Å². The van der Waals surface area contributed by atoms with E-state index in [0.29, 0.717) is 0 Å². The van der Waals surface area contributed by atoms with Gasteiger partial charge in [-0.1, -0.05) is 0 Å². The van der Waals surface area contributed by atoms with E-state index in [-0.39, 0.29) is 6.61 Å². The van der Waals surface area contributed by atoms with Crippen molar-refractivity contribution in [1.29, 1.82) is 0 Å². The minimum Gasteiger partial charge on any atom is -0.435 e. The summed E-state index contributed by atoms with van der Waals surface area (Å²) in [6, 6.07) is 0. The molecule has 0 aliphatic carbocycles. The van der Waals surface area contributed by atoms with E-state index in [9.17, 15) is 4.79 Å². The molecule has 0 aliphatic heterocycles. The fraction of sp³-hybridized carbons (Fsp3) is 0.800. The molecule has 1 N–H and O–H groups in total. The van der Waals surface area contributed by atoms with Gasteiger partial charge in [-0.05, 0) is 13.8 Å². The first kappa shape index (κ1) is 8.23. The summed E-state index contributed by atoms with van der Waals surface area (Å²) < 4.78 is 8.52. The molecule has 0 amide bonds. The topological polar surface area (TPSA) is 55.8 Å². The molecule has 0 rings (SSSR count). The molecule has 0 radical (unpaired) electrons. The van der Waals surface area contributed by atoms with Crippen LogP contribution < -0.4 is 0 Å². The Balaban J connectivity index is 3.27. The van der Waals surface area contributed by atoms with Crippen molar-refractivity contribution in [2.45, 2.75) is 20.1 Å². The second-order valence-corrected chi connectivity index (χ2v) is 1.40. The molecular formula is C5H10O4. The van der Waals surface area contributed by atoms with Gasteiger partial charge in [-0.25, -0.2) is 4.79 Å². The van der Waals surface area contributed by atoms with Gasteiger partial charge in [-0.3, -0.25) is 0 Å². The van der Waals surface area contributed by atoms with Gasteiger partial charge in [0, 0.05) is 0 Å². The second-order valence-electron chi connectivity index (χ2n) is 1.40. The summed E-state index contributed by atoms with van der Waals surface area (Å²) in [5.74, 6) is 0. The van der Waals surface area contributed by atoms with E-state index in [1.807, 2.05) is 0 Å². The minimum atomic E-state index is -1.09. The molecule has 0 aromatic carbocycles. The summed E-state index contributed by atoms with van der Waals surface area (Å²) in [5, 5.41) is 8.43. The SMILES string of the molecule is CCOC(=O)OC(C)O. The zero-order chi connectivity index (χ0) is 7.28. The normalized spacial score (nSPS) is 12.3. The number of aliphatic hydroxyl groups excluding tert-OH is 1. The molecule has 1 unspecified atom stereocenters. The van der Waals surface area contributed by atoms with Crippen LogP contribution in [0.4, 0.5) is 4.79 Å². The van der Waals surface area contributed by atoms with Crippen LogP contribution in [0.1, 0.15) is 13.8 Å². The first-order valence-corrected chi connectivity index (χ1v) is 2.68. The number of hydrogen-bond acceptors (Lipinski definition) is 4. The average molecular weight is 134 g/mol. The van der Waals surface area contributed by atoms with Gasteiger partial charge in [0.1, 0.15) is 0 Å². The molecule has 54 valence electrons. The first-order valence-electron chi connectivity index (χ1n) is 2.68. The molecule has 0 spiro atoms. The second kappa shape index (κ2) is 4.14. The van der Waals surface area contributed by atoms with Crippen LogP contribution in [0.5, 0.6) is 0 Å². The summed E-state index contributed by atoms with van der Waals surface area (Å²) in [6.45, 7) is 3.24. The summed E-state index contributed by atoms with van der Waals surface area (Å²) in [5.41, 5.74) is 0. The van der Waals surface area contributed by atoms with Crippen molar-refractivity contribution in [2.24, 2.45) is 0 Å². The Kier molecular flexibility index (Phi) is 3.79. The molecule has 4 nitrogen and oxygen atoms in total. The lowest BCUT2D eigenvalue weighted by Gasteiger charge is -2.04. The average Bonchev–Trinajstić information content (AvgIpc) is 1.63. The van der Waals surface area contributed by atoms with E-state index in [1.165, 1.54) is 6.92 Å². The van der Waals surface area contributed by atoms with Crippen LogP contribution in [0.15, 0.2) is 0 Å². The number of carbonyl (C=O) groups is 1. The van der Waals surface area contributed by atoms with Crippen molar-refractivity contribution in [1.82, 2.24) is 0 Å². The molecule has 4 heteroatoms. The molecule has 0 aromatic heterocycles. The van der Waals surface area contributed by atoms with E-state index >= 15 is 0 Å². The Morgan fingerprint density at radius 2 is 2.33 bits per heavy atom. The van der Waals surface area contributed by atoms with E-state index in [1.54, 1.807) is 6.92 Å². The number of rotatable bonds is 2. The quantitative estimate of drug-likeness (QED) is 0.441. The van der Waals surface area contributed by atoms with Crippen molar-refractivity contribution in [3.8, 4) is 0 Å². The Morgan fingerprint density at radius 3 is 2.67 bits per heavy atom. The summed E-state index contributed by atoms with van der Waals surface area (Å²) in [7, 11) is 0. The van der Waals surface area contributed by atoms with Crippen molar-refractivity contribution >= 4 is 6.16 Å². The number of ether oxygens (including phenoxy) is 2. The van der Waals surface area contributed by atoms with Crippen LogP contribution in [0.25, 0.3) is 0 Å². The van der Waals surface area contributed by atoms with Crippen molar-refractivity contribution < 1.29 is 19.4 Å². The van der Waals surface area contributed by atoms with Crippen molar-refractivity contribution in [2.75, 3.05) is 6.61 Å². The lowest BCUT2D eigenvalue weighted by molar-refractivity contribution is -0.0670. The highest BCUT2D eigenvalue weighted by Gasteiger charge is 2.04. The van der Waals surface area contributed by atoms with Crippen LogP contribution in [-0.2, 0) is 9.47 Å². The van der Waals surface area contributed by atoms with Gasteiger partial charge in [-0.2, -0.15) is 0 Å². The number of hydrogen-bond donors (Lipinski definition) is 1. The molecule has 0 saturated carbocycles. The van der Waals surface area contributed by atoms with Gasteiger partial charge in [0.05, 0.1) is 6.61 Å². The maximum atomic E-state index is 10.2. The van der Waals surface area contributed by atoms with Crippen LogP contribution in [0.3, 0.4) is 0 Å². The van der Waals surface area contributed by atoms with Gasteiger partial charge in [0.2, 0.25) is 6.29 Å². The zero-order valence-corrected chi connectivity index (χ0v) is 5.46. The standard InChI is InChI=1S/C5H10O4/c1-3-8-5(7)9-4(2)6/h4,6H,3H2,1-2H3. The molecule has 0 aliphatic rings. The predicted molar refractivity (Wildman–Crippen MR) is 29.8 cm³/mol. The third-order valence-corrected chi connectivity index (χ3v) is 0.529. The minimum absolute atomic E-state index is 0.256. The van der Waals surface area contributed by atoms with Crippen molar-refractivity contribution in [3.63, 3.8) is 0 Å². The van der Waals surface area contributed by atoms with Crippen LogP contribution in [0.2, 0.25) is 0 Å². The highest BCUT2D eigenvalue weighted by atomic mass is 16.8. The van der Waals surface area contributed by atoms with Gasteiger partial charge in [0.25, 0.3) is 0 Å². The lowest BCUT2D eigenvalue weighted by Crippen LogP contribution is -2.14. The third-order valence-electron chi connectivity index (χ3n) is 0.529. The fourth-order valence-electron chi connectivity index (χ4n) is 0.291. The summed E-state index contributed by atoms with van der Waals surface area (Å²) in [4.78, 5) is 10.2. The molecule has 9 heavy (non-hydrogen) atoms. The summed E-state index contributed by atoms with van der Waals surface area (Å²) >= 11 is 0. The van der Waals surface area contributed by atoms with Gasteiger partial charge < -0.3 is 14.6 Å². The molecule has 0 fully saturated rings. The Labute approximate surface area is 53.4 Å². The molecule has 0 bridgehead atoms. The van der Waals surface area contributed by atoms with Gasteiger partial charge in [0.15, 0.2) is 0 Å². The van der Waals surface area contributed by atoms with Crippen LogP contribution in [0, 0.1) is 0 Å². The van der Waals surface area contributed by atoms with E-state index in [4.69, 9.17) is 5.11 Å². The summed E-state index contributed by atoms with van der Waals surface area (Å²) in [6.07, 6.45) is -1.93. The highest BCUT2D eigenvalue weighted by molar-refractivity contribution is 5.59. The van der Waals surface area contributed by atoms with Gasteiger partial charge >= 0.3 is 6.16 Å².